The highest BCUT2D eigenvalue weighted by atomic mass is 16.5. The minimum atomic E-state index is -0.433. The molecular weight excluding hydrogens is 314 g/mol. The maximum atomic E-state index is 12.8. The number of allylic oxidation sites excluding steroid dienone is 2. The lowest BCUT2D eigenvalue weighted by Gasteiger charge is -2.45. The van der Waals surface area contributed by atoms with Gasteiger partial charge in [0.2, 0.25) is 5.88 Å². The summed E-state index contributed by atoms with van der Waals surface area (Å²) in [4.78, 5) is 22.4. The Kier molecular flexibility index (Phi) is 2.59. The molecule has 2 saturated carbocycles. The Morgan fingerprint density at radius 1 is 1.32 bits per heavy atom. The molecule has 0 amide bonds. The van der Waals surface area contributed by atoms with E-state index in [4.69, 9.17) is 9.72 Å². The smallest absolute Gasteiger partial charge is 0.219 e. The van der Waals surface area contributed by atoms with Crippen molar-refractivity contribution in [3.8, 4) is 11.9 Å². The topological polar surface area (TPSA) is 75.9 Å². The molecule has 3 atom stereocenters. The molecule has 25 heavy (non-hydrogen) atoms. The normalized spacial score (nSPS) is 38.0. The van der Waals surface area contributed by atoms with Gasteiger partial charge in [0.15, 0.2) is 5.78 Å². The lowest BCUT2D eigenvalue weighted by Crippen LogP contribution is -2.46. The molecule has 5 rings (SSSR count). The quantitative estimate of drug-likeness (QED) is 0.830. The van der Waals surface area contributed by atoms with E-state index < -0.39 is 10.8 Å². The van der Waals surface area contributed by atoms with E-state index in [1.807, 2.05) is 13.0 Å². The average Bonchev–Trinajstić information content (AvgIpc) is 3.51. The van der Waals surface area contributed by atoms with Crippen LogP contribution in [0.5, 0.6) is 5.88 Å². The molecule has 1 heterocycles. The van der Waals surface area contributed by atoms with Gasteiger partial charge in [-0.2, -0.15) is 10.2 Å². The number of aromatic nitrogens is 2. The van der Waals surface area contributed by atoms with Crippen molar-refractivity contribution in [2.45, 2.75) is 57.3 Å². The first-order chi connectivity index (χ1) is 11.9. The van der Waals surface area contributed by atoms with Crippen LogP contribution in [0.4, 0.5) is 0 Å². The highest BCUT2D eigenvalue weighted by Gasteiger charge is 2.78. The van der Waals surface area contributed by atoms with E-state index in [0.717, 1.165) is 49.2 Å². The molecule has 1 spiro atoms. The molecule has 0 aromatic carbocycles. The molecule has 1 aromatic heterocycles. The van der Waals surface area contributed by atoms with E-state index in [9.17, 15) is 10.1 Å². The number of ketones is 1. The molecule has 3 unspecified atom stereocenters. The van der Waals surface area contributed by atoms with E-state index in [0.29, 0.717) is 11.8 Å². The first kappa shape index (κ1) is 15.1. The van der Waals surface area contributed by atoms with Crippen LogP contribution in [0.1, 0.15) is 62.5 Å². The predicted octanol–water partition coefficient (Wildman–Crippen LogP) is 3.00. The maximum Gasteiger partial charge on any atom is 0.219 e. The summed E-state index contributed by atoms with van der Waals surface area (Å²) < 4.78 is 5.60. The Morgan fingerprint density at radius 2 is 2.08 bits per heavy atom. The monoisotopic (exact) mass is 335 g/mol. The first-order valence-electron chi connectivity index (χ1n) is 9.03. The lowest BCUT2D eigenvalue weighted by molar-refractivity contribution is -0.122. The molecule has 5 nitrogen and oxygen atoms in total. The second-order valence-corrected chi connectivity index (χ2v) is 8.48. The standard InChI is InChI=1S/C20H21N3O2/c1-18-8-12(9-21)15(24)19(2)10-20(18,19)7-6-13-14(18)22-16(11-4-5-11)23-17(13)25-3/h8,11H,4-7,10H2,1-3H3. The van der Waals surface area contributed by atoms with Gasteiger partial charge < -0.3 is 4.74 Å². The van der Waals surface area contributed by atoms with Gasteiger partial charge in [0.1, 0.15) is 11.9 Å². The van der Waals surface area contributed by atoms with Crippen molar-refractivity contribution >= 4 is 5.78 Å². The van der Waals surface area contributed by atoms with Crippen LogP contribution in [-0.4, -0.2) is 22.9 Å². The number of hydrogen-bond acceptors (Lipinski definition) is 5. The Morgan fingerprint density at radius 3 is 2.72 bits per heavy atom. The number of carbonyl (C=O) groups is 1. The van der Waals surface area contributed by atoms with Gasteiger partial charge in [0.05, 0.1) is 18.4 Å². The number of rotatable bonds is 2. The van der Waals surface area contributed by atoms with Crippen LogP contribution < -0.4 is 4.74 Å². The second kappa shape index (κ2) is 4.30. The summed E-state index contributed by atoms with van der Waals surface area (Å²) in [6, 6.07) is 2.14. The summed E-state index contributed by atoms with van der Waals surface area (Å²) in [6.07, 6.45) is 6.72. The summed E-state index contributed by atoms with van der Waals surface area (Å²) >= 11 is 0. The van der Waals surface area contributed by atoms with Crippen molar-refractivity contribution in [3.63, 3.8) is 0 Å². The Bertz CT molecular complexity index is 910. The largest absolute Gasteiger partial charge is 0.481 e. The van der Waals surface area contributed by atoms with Gasteiger partial charge in [-0.05, 0) is 44.4 Å². The molecule has 0 saturated heterocycles. The zero-order valence-corrected chi connectivity index (χ0v) is 14.8. The molecule has 0 radical (unpaired) electrons. The van der Waals surface area contributed by atoms with Crippen LogP contribution in [0.2, 0.25) is 0 Å². The number of carbonyl (C=O) groups excluding carboxylic acids is 1. The molecule has 0 bridgehead atoms. The number of hydrogen-bond donors (Lipinski definition) is 0. The zero-order valence-electron chi connectivity index (χ0n) is 14.8. The predicted molar refractivity (Wildman–Crippen MR) is 90.1 cm³/mol. The van der Waals surface area contributed by atoms with Gasteiger partial charge >= 0.3 is 0 Å². The van der Waals surface area contributed by atoms with Crippen molar-refractivity contribution in [1.82, 2.24) is 9.97 Å². The van der Waals surface area contributed by atoms with Gasteiger partial charge in [-0.1, -0.05) is 13.0 Å². The summed E-state index contributed by atoms with van der Waals surface area (Å²) in [5, 5.41) is 9.52. The third-order valence-corrected chi connectivity index (χ3v) is 7.30. The number of ether oxygens (including phenoxy) is 1. The third kappa shape index (κ3) is 1.57. The van der Waals surface area contributed by atoms with E-state index in [1.165, 1.54) is 0 Å². The van der Waals surface area contributed by atoms with Crippen molar-refractivity contribution < 1.29 is 9.53 Å². The fourth-order valence-corrected chi connectivity index (χ4v) is 5.57. The van der Waals surface area contributed by atoms with E-state index in [2.05, 4.69) is 18.0 Å². The summed E-state index contributed by atoms with van der Waals surface area (Å²) in [5.74, 6) is 1.98. The van der Waals surface area contributed by atoms with Gasteiger partial charge in [-0.25, -0.2) is 4.98 Å². The van der Waals surface area contributed by atoms with Crippen LogP contribution in [0.25, 0.3) is 0 Å². The minimum absolute atomic E-state index is 0.0133. The molecular formula is C20H21N3O2. The van der Waals surface area contributed by atoms with Crippen LogP contribution in [0, 0.1) is 22.2 Å². The molecule has 5 heteroatoms. The third-order valence-electron chi connectivity index (χ3n) is 7.30. The molecule has 2 fully saturated rings. The van der Waals surface area contributed by atoms with Gasteiger partial charge in [0, 0.05) is 22.3 Å². The Balaban J connectivity index is 1.79. The van der Waals surface area contributed by atoms with Crippen LogP contribution in [0.3, 0.4) is 0 Å². The van der Waals surface area contributed by atoms with Crippen LogP contribution in [-0.2, 0) is 16.6 Å². The lowest BCUT2D eigenvalue weighted by atomic mass is 9.57. The fourth-order valence-electron chi connectivity index (χ4n) is 5.57. The molecule has 4 aliphatic rings. The van der Waals surface area contributed by atoms with Gasteiger partial charge in [-0.15, -0.1) is 0 Å². The summed E-state index contributed by atoms with van der Waals surface area (Å²) in [5.41, 5.74) is 1.36. The summed E-state index contributed by atoms with van der Waals surface area (Å²) in [7, 11) is 1.66. The van der Waals surface area contributed by atoms with Crippen LogP contribution >= 0.6 is 0 Å². The van der Waals surface area contributed by atoms with Crippen molar-refractivity contribution in [2.24, 2.45) is 10.8 Å². The molecule has 128 valence electrons. The number of fused-ring (bicyclic) bond motifs is 2. The van der Waals surface area contributed by atoms with E-state index in [-0.39, 0.29) is 16.8 Å². The maximum absolute atomic E-state index is 12.8. The molecule has 0 aliphatic heterocycles. The molecule has 4 aliphatic carbocycles. The first-order valence-corrected chi connectivity index (χ1v) is 9.03. The van der Waals surface area contributed by atoms with Crippen LogP contribution in [0.15, 0.2) is 11.6 Å². The van der Waals surface area contributed by atoms with Gasteiger partial charge in [-0.3, -0.25) is 4.79 Å². The Labute approximate surface area is 147 Å². The highest BCUT2D eigenvalue weighted by molar-refractivity contribution is 6.07. The minimum Gasteiger partial charge on any atom is -0.481 e. The number of methoxy groups -OCH3 is 1. The Hall–Kier alpha value is -2.22. The van der Waals surface area contributed by atoms with Crippen molar-refractivity contribution in [2.75, 3.05) is 7.11 Å². The molecule has 1 aromatic rings. The second-order valence-electron chi connectivity index (χ2n) is 8.48. The summed E-state index contributed by atoms with van der Waals surface area (Å²) in [6.45, 7) is 4.19. The number of nitriles is 1. The highest BCUT2D eigenvalue weighted by Crippen LogP contribution is 2.78. The SMILES string of the molecule is COc1nc(C2CC2)nc2c1CCC13CC1(C)C(=O)C(C#N)=CC23C. The number of nitrogens with zero attached hydrogens (tertiary/aromatic N) is 3. The van der Waals surface area contributed by atoms with E-state index in [1.54, 1.807) is 7.11 Å². The van der Waals surface area contributed by atoms with Crippen molar-refractivity contribution in [1.29, 1.82) is 5.26 Å². The van der Waals surface area contributed by atoms with E-state index >= 15 is 0 Å². The van der Waals surface area contributed by atoms with Crippen molar-refractivity contribution in [3.05, 3.63) is 28.7 Å². The fraction of sp³-hybridized carbons (Fsp3) is 0.600. The number of Topliss-reactive ketones (excluding diaryl/α,β-unsaturated/α-hetero) is 1. The zero-order chi connectivity index (χ0) is 17.6. The van der Waals surface area contributed by atoms with Gasteiger partial charge in [0.25, 0.3) is 0 Å². The average molecular weight is 335 g/mol. The molecule has 0 N–H and O–H groups in total.